The fourth-order valence-electron chi connectivity index (χ4n) is 3.42. The number of nitrogens with zero attached hydrogens (tertiary/aromatic N) is 2. The van der Waals surface area contributed by atoms with Crippen molar-refractivity contribution in [2.75, 3.05) is 37.7 Å². The van der Waals surface area contributed by atoms with Crippen molar-refractivity contribution < 1.29 is 23.1 Å². The molecule has 2 amide bonds. The van der Waals surface area contributed by atoms with Gasteiger partial charge in [-0.2, -0.15) is 20.5 Å². The summed E-state index contributed by atoms with van der Waals surface area (Å²) in [5.41, 5.74) is 0.107. The second-order valence-electron chi connectivity index (χ2n) is 6.40. The van der Waals surface area contributed by atoms with E-state index in [1.165, 1.54) is 12.1 Å². The van der Waals surface area contributed by atoms with E-state index in [0.29, 0.717) is 13.1 Å². The van der Waals surface area contributed by atoms with Gasteiger partial charge in [0.2, 0.25) is 5.91 Å². The Kier molecular flexibility index (Phi) is 6.34. The van der Waals surface area contributed by atoms with E-state index in [1.54, 1.807) is 17.0 Å². The molecule has 0 spiro atoms. The van der Waals surface area contributed by atoms with Crippen LogP contribution in [-0.2, 0) is 4.79 Å². The summed E-state index contributed by atoms with van der Waals surface area (Å²) in [6.07, 6.45) is 1.48. The summed E-state index contributed by atoms with van der Waals surface area (Å²) in [5.74, 6) is 1.26. The molecule has 0 aliphatic carbocycles. The van der Waals surface area contributed by atoms with Crippen molar-refractivity contribution in [1.82, 2.24) is 9.80 Å². The average Bonchev–Trinajstić information content (AvgIpc) is 2.67. The van der Waals surface area contributed by atoms with Crippen molar-refractivity contribution in [2.24, 2.45) is 5.92 Å². The number of hydrogen-bond acceptors (Lipinski definition) is 4. The van der Waals surface area contributed by atoms with Gasteiger partial charge in [-0.15, -0.1) is 0 Å². The number of hydrogen-bond donors (Lipinski definition) is 0. The highest BCUT2D eigenvalue weighted by atomic mass is 32.2. The molecule has 5 nitrogen and oxygen atoms in total. The van der Waals surface area contributed by atoms with Crippen LogP contribution in [0.3, 0.4) is 0 Å². The number of benzene rings is 1. The number of halogens is 2. The van der Waals surface area contributed by atoms with Gasteiger partial charge in [-0.05, 0) is 25.0 Å². The van der Waals surface area contributed by atoms with Gasteiger partial charge in [0, 0.05) is 37.7 Å². The molecule has 0 N–H and O–H groups in total. The molecule has 3 rings (SSSR count). The van der Waals surface area contributed by atoms with E-state index in [0.717, 1.165) is 37.4 Å². The zero-order valence-electron chi connectivity index (χ0n) is 14.4. The smallest absolute Gasteiger partial charge is 0.387 e. The van der Waals surface area contributed by atoms with Crippen molar-refractivity contribution in [3.63, 3.8) is 0 Å². The Morgan fingerprint density at radius 2 is 1.85 bits per heavy atom. The number of likely N-dealkylation sites (tertiary alicyclic amines) is 1. The minimum atomic E-state index is -2.99. The first-order valence-corrected chi connectivity index (χ1v) is 9.91. The SMILES string of the molecule is O=C(c1ccccc1OC(F)F)N1CCCC(C(=O)N2CCSCC2)C1. The van der Waals surface area contributed by atoms with Gasteiger partial charge in [0.15, 0.2) is 0 Å². The lowest BCUT2D eigenvalue weighted by molar-refractivity contribution is -0.136. The predicted octanol–water partition coefficient (Wildman–Crippen LogP) is 2.72. The number of carbonyl (C=O) groups excluding carboxylic acids is 2. The molecule has 0 aromatic heterocycles. The van der Waals surface area contributed by atoms with E-state index in [4.69, 9.17) is 0 Å². The van der Waals surface area contributed by atoms with Crippen molar-refractivity contribution in [3.05, 3.63) is 29.8 Å². The van der Waals surface area contributed by atoms with E-state index in [-0.39, 0.29) is 29.0 Å². The molecule has 1 atom stereocenters. The fourth-order valence-corrected chi connectivity index (χ4v) is 4.32. The van der Waals surface area contributed by atoms with Crippen LogP contribution in [-0.4, -0.2) is 65.9 Å². The van der Waals surface area contributed by atoms with Crippen LogP contribution in [0, 0.1) is 5.92 Å². The average molecular weight is 384 g/mol. The van der Waals surface area contributed by atoms with Gasteiger partial charge in [0.1, 0.15) is 5.75 Å². The molecule has 2 heterocycles. The number of alkyl halides is 2. The van der Waals surface area contributed by atoms with Crippen LogP contribution in [0.1, 0.15) is 23.2 Å². The lowest BCUT2D eigenvalue weighted by Crippen LogP contribution is -2.48. The molecule has 1 unspecified atom stereocenters. The highest BCUT2D eigenvalue weighted by Crippen LogP contribution is 2.26. The Morgan fingerprint density at radius 1 is 1.12 bits per heavy atom. The van der Waals surface area contributed by atoms with Gasteiger partial charge in [-0.1, -0.05) is 12.1 Å². The summed E-state index contributed by atoms with van der Waals surface area (Å²) >= 11 is 1.84. The van der Waals surface area contributed by atoms with E-state index in [9.17, 15) is 18.4 Å². The molecule has 1 aromatic rings. The molecular weight excluding hydrogens is 362 g/mol. The largest absolute Gasteiger partial charge is 0.434 e. The molecule has 0 saturated carbocycles. The Hall–Kier alpha value is -1.83. The summed E-state index contributed by atoms with van der Waals surface area (Å²) in [6.45, 7) is -0.652. The lowest BCUT2D eigenvalue weighted by atomic mass is 9.95. The highest BCUT2D eigenvalue weighted by Gasteiger charge is 2.33. The minimum absolute atomic E-state index is 0.0971. The van der Waals surface area contributed by atoms with Crippen LogP contribution >= 0.6 is 11.8 Å². The molecule has 142 valence electrons. The van der Waals surface area contributed by atoms with Gasteiger partial charge in [0.25, 0.3) is 5.91 Å². The van der Waals surface area contributed by atoms with E-state index in [2.05, 4.69) is 4.74 Å². The van der Waals surface area contributed by atoms with Gasteiger partial charge in [-0.3, -0.25) is 9.59 Å². The number of piperidine rings is 1. The third-order valence-electron chi connectivity index (χ3n) is 4.71. The first-order valence-electron chi connectivity index (χ1n) is 8.76. The van der Waals surface area contributed by atoms with Gasteiger partial charge >= 0.3 is 6.61 Å². The van der Waals surface area contributed by atoms with Gasteiger partial charge in [0.05, 0.1) is 11.5 Å². The molecule has 2 saturated heterocycles. The zero-order valence-corrected chi connectivity index (χ0v) is 15.2. The van der Waals surface area contributed by atoms with Crippen LogP contribution in [0.2, 0.25) is 0 Å². The third kappa shape index (κ3) is 4.47. The first-order chi connectivity index (χ1) is 12.6. The summed E-state index contributed by atoms with van der Waals surface area (Å²) < 4.78 is 29.6. The molecule has 0 bridgehead atoms. The van der Waals surface area contributed by atoms with Crippen molar-refractivity contribution in [3.8, 4) is 5.75 Å². The molecule has 8 heteroatoms. The summed E-state index contributed by atoms with van der Waals surface area (Å²) in [7, 11) is 0. The van der Waals surface area contributed by atoms with E-state index < -0.39 is 6.61 Å². The number of carbonyl (C=O) groups is 2. The lowest BCUT2D eigenvalue weighted by Gasteiger charge is -2.36. The fraction of sp³-hybridized carbons (Fsp3) is 0.556. The maximum Gasteiger partial charge on any atom is 0.387 e. The van der Waals surface area contributed by atoms with Crippen LogP contribution < -0.4 is 4.74 Å². The Bertz CT molecular complexity index is 653. The molecular formula is C18H22F2N2O3S. The topological polar surface area (TPSA) is 49.9 Å². The Labute approximate surface area is 155 Å². The molecule has 2 fully saturated rings. The number of rotatable bonds is 4. The Balaban J connectivity index is 1.69. The zero-order chi connectivity index (χ0) is 18.5. The van der Waals surface area contributed by atoms with Crippen molar-refractivity contribution >= 4 is 23.6 Å². The quantitative estimate of drug-likeness (QED) is 0.801. The molecule has 2 aliphatic rings. The standard InChI is InChI=1S/C18H22F2N2O3S/c19-18(20)25-15-6-2-1-5-14(15)17(24)22-7-3-4-13(12-22)16(23)21-8-10-26-11-9-21/h1-2,5-6,13,18H,3-4,7-12H2. The second kappa shape index (κ2) is 8.70. The number of para-hydroxylation sites is 1. The highest BCUT2D eigenvalue weighted by molar-refractivity contribution is 7.99. The molecule has 2 aliphatic heterocycles. The Morgan fingerprint density at radius 3 is 2.58 bits per heavy atom. The molecule has 26 heavy (non-hydrogen) atoms. The summed E-state index contributed by atoms with van der Waals surface area (Å²) in [4.78, 5) is 29.0. The maximum absolute atomic E-state index is 12.8. The molecule has 0 radical (unpaired) electrons. The predicted molar refractivity (Wildman–Crippen MR) is 95.6 cm³/mol. The third-order valence-corrected chi connectivity index (χ3v) is 5.66. The first kappa shape index (κ1) is 18.9. The number of ether oxygens (including phenoxy) is 1. The number of thioether (sulfide) groups is 1. The summed E-state index contributed by atoms with van der Waals surface area (Å²) in [5, 5.41) is 0. The molecule has 1 aromatic carbocycles. The van der Waals surface area contributed by atoms with E-state index >= 15 is 0 Å². The van der Waals surface area contributed by atoms with E-state index in [1.807, 2.05) is 16.7 Å². The normalized spacial score (nSPS) is 21.0. The van der Waals surface area contributed by atoms with Crippen LogP contribution in [0.4, 0.5) is 8.78 Å². The van der Waals surface area contributed by atoms with Crippen LogP contribution in [0.15, 0.2) is 24.3 Å². The minimum Gasteiger partial charge on any atom is -0.434 e. The van der Waals surface area contributed by atoms with Crippen molar-refractivity contribution in [1.29, 1.82) is 0 Å². The van der Waals surface area contributed by atoms with Gasteiger partial charge in [-0.25, -0.2) is 0 Å². The van der Waals surface area contributed by atoms with Crippen LogP contribution in [0.25, 0.3) is 0 Å². The summed E-state index contributed by atoms with van der Waals surface area (Å²) in [6, 6.07) is 6.00. The van der Waals surface area contributed by atoms with Gasteiger partial charge < -0.3 is 14.5 Å². The monoisotopic (exact) mass is 384 g/mol. The number of amides is 2. The maximum atomic E-state index is 12.8. The van der Waals surface area contributed by atoms with Crippen LogP contribution in [0.5, 0.6) is 5.75 Å². The van der Waals surface area contributed by atoms with Crippen molar-refractivity contribution in [2.45, 2.75) is 19.5 Å². The second-order valence-corrected chi connectivity index (χ2v) is 7.63.